The van der Waals surface area contributed by atoms with Crippen LogP contribution in [0.25, 0.3) is 0 Å². The number of nitrogens with zero attached hydrogens (tertiary/aromatic N) is 2. The minimum Gasteiger partial charge on any atom is -0.289 e. The summed E-state index contributed by atoms with van der Waals surface area (Å²) in [6.07, 6.45) is 1.47. The Morgan fingerprint density at radius 1 is 0.933 bits per heavy atom. The van der Waals surface area contributed by atoms with E-state index in [4.69, 9.17) is 11.6 Å². The summed E-state index contributed by atoms with van der Waals surface area (Å²) in [5, 5.41) is 5.60. The monoisotopic (exact) mass is 433 g/mol. The number of rotatable bonds is 5. The molecule has 0 saturated carbocycles. The Bertz CT molecular complexity index is 1130. The number of allylic oxidation sites excluding steroid dienone is 1. The Balaban J connectivity index is 1.66. The fourth-order valence-electron chi connectivity index (χ4n) is 2.81. The maximum absolute atomic E-state index is 13.1. The number of halogens is 1. The molecule has 0 bridgehead atoms. The SMILES string of the molecule is O=C(/C=C1/S/C(=N/Nc2ccc(Cl)cc2)C(=O)N1c1ccccc1)c1ccccc1. The predicted octanol–water partition coefficient (Wildman–Crippen LogP) is 5.57. The molecule has 1 aliphatic rings. The van der Waals surface area contributed by atoms with Crippen molar-refractivity contribution in [2.24, 2.45) is 5.10 Å². The maximum Gasteiger partial charge on any atom is 0.290 e. The van der Waals surface area contributed by atoms with Crippen molar-refractivity contribution in [1.82, 2.24) is 0 Å². The van der Waals surface area contributed by atoms with Crippen LogP contribution < -0.4 is 10.3 Å². The summed E-state index contributed by atoms with van der Waals surface area (Å²) in [4.78, 5) is 27.3. The number of ketones is 1. The van der Waals surface area contributed by atoms with E-state index < -0.39 is 0 Å². The number of amides is 1. The number of thioether (sulfide) groups is 1. The zero-order chi connectivity index (χ0) is 20.9. The second kappa shape index (κ2) is 8.98. The van der Waals surface area contributed by atoms with Gasteiger partial charge >= 0.3 is 0 Å². The molecule has 148 valence electrons. The van der Waals surface area contributed by atoms with E-state index in [0.717, 1.165) is 11.8 Å². The first kappa shape index (κ1) is 19.9. The summed E-state index contributed by atoms with van der Waals surface area (Å²) in [5.74, 6) is -0.487. The number of hydrogen-bond acceptors (Lipinski definition) is 5. The van der Waals surface area contributed by atoms with Gasteiger partial charge in [-0.15, -0.1) is 0 Å². The number of benzene rings is 3. The van der Waals surface area contributed by atoms with E-state index in [1.807, 2.05) is 36.4 Å². The molecule has 1 N–H and O–H groups in total. The van der Waals surface area contributed by atoms with Crippen molar-refractivity contribution in [3.63, 3.8) is 0 Å². The average molecular weight is 434 g/mol. The van der Waals surface area contributed by atoms with E-state index in [9.17, 15) is 9.59 Å². The van der Waals surface area contributed by atoms with E-state index in [-0.39, 0.29) is 16.7 Å². The van der Waals surface area contributed by atoms with Crippen molar-refractivity contribution in [2.45, 2.75) is 0 Å². The fraction of sp³-hybridized carbons (Fsp3) is 0. The molecule has 1 heterocycles. The van der Waals surface area contributed by atoms with Crippen LogP contribution in [0.3, 0.4) is 0 Å². The topological polar surface area (TPSA) is 61.8 Å². The summed E-state index contributed by atoms with van der Waals surface area (Å²) < 4.78 is 0. The minimum absolute atomic E-state index is 0.182. The highest BCUT2D eigenvalue weighted by molar-refractivity contribution is 8.20. The van der Waals surface area contributed by atoms with Crippen LogP contribution >= 0.6 is 23.4 Å². The average Bonchev–Trinajstić information content (AvgIpc) is 3.09. The van der Waals surface area contributed by atoms with Gasteiger partial charge in [0.25, 0.3) is 5.91 Å². The number of nitrogens with one attached hydrogen (secondary N) is 1. The van der Waals surface area contributed by atoms with Gasteiger partial charge in [-0.2, -0.15) is 5.10 Å². The molecular weight excluding hydrogens is 418 g/mol. The van der Waals surface area contributed by atoms with E-state index in [1.165, 1.54) is 11.0 Å². The molecule has 1 fully saturated rings. The zero-order valence-electron chi connectivity index (χ0n) is 15.7. The molecular formula is C23H16ClN3O2S. The largest absolute Gasteiger partial charge is 0.290 e. The first-order valence-electron chi connectivity index (χ1n) is 9.09. The lowest BCUT2D eigenvalue weighted by molar-refractivity contribution is -0.111. The highest BCUT2D eigenvalue weighted by atomic mass is 35.5. The van der Waals surface area contributed by atoms with Gasteiger partial charge in [0.2, 0.25) is 0 Å². The Labute approximate surface area is 183 Å². The highest BCUT2D eigenvalue weighted by Gasteiger charge is 2.35. The lowest BCUT2D eigenvalue weighted by Crippen LogP contribution is -2.26. The van der Waals surface area contributed by atoms with Gasteiger partial charge < -0.3 is 0 Å². The summed E-state index contributed by atoms with van der Waals surface area (Å²) in [7, 11) is 0. The van der Waals surface area contributed by atoms with Gasteiger partial charge in [-0.1, -0.05) is 60.1 Å². The third kappa shape index (κ3) is 4.45. The molecule has 30 heavy (non-hydrogen) atoms. The molecule has 1 aliphatic heterocycles. The van der Waals surface area contributed by atoms with Crippen LogP contribution in [0, 0.1) is 0 Å². The molecule has 1 amide bonds. The van der Waals surface area contributed by atoms with Crippen LogP contribution in [0.4, 0.5) is 11.4 Å². The van der Waals surface area contributed by atoms with Gasteiger partial charge in [0, 0.05) is 22.3 Å². The van der Waals surface area contributed by atoms with Crippen LogP contribution in [0.2, 0.25) is 5.02 Å². The van der Waals surface area contributed by atoms with Crippen molar-refractivity contribution < 1.29 is 9.59 Å². The van der Waals surface area contributed by atoms with Crippen molar-refractivity contribution in [2.75, 3.05) is 10.3 Å². The number of para-hydroxylation sites is 1. The number of hydrazone groups is 1. The standard InChI is InChI=1S/C23H16ClN3O2S/c24-17-11-13-18(14-12-17)25-26-22-23(29)27(19-9-5-2-6-10-19)21(30-22)15-20(28)16-7-3-1-4-8-16/h1-15,25H/b21-15+,26-22+. The van der Waals surface area contributed by atoms with E-state index >= 15 is 0 Å². The lowest BCUT2D eigenvalue weighted by atomic mass is 10.1. The summed E-state index contributed by atoms with van der Waals surface area (Å²) >= 11 is 7.04. The van der Waals surface area contributed by atoms with Crippen molar-refractivity contribution in [3.05, 3.63) is 107 Å². The third-order valence-electron chi connectivity index (χ3n) is 4.27. The van der Waals surface area contributed by atoms with Gasteiger partial charge in [0.05, 0.1) is 10.7 Å². The minimum atomic E-state index is -0.306. The second-order valence-electron chi connectivity index (χ2n) is 6.33. The van der Waals surface area contributed by atoms with Crippen molar-refractivity contribution in [3.8, 4) is 0 Å². The molecule has 0 atom stereocenters. The number of carbonyl (C=O) groups excluding carboxylic acids is 2. The van der Waals surface area contributed by atoms with Gasteiger partial charge in [0.1, 0.15) is 0 Å². The second-order valence-corrected chi connectivity index (χ2v) is 7.77. The third-order valence-corrected chi connectivity index (χ3v) is 5.49. The first-order valence-corrected chi connectivity index (χ1v) is 10.3. The van der Waals surface area contributed by atoms with Crippen LogP contribution in [0.1, 0.15) is 10.4 Å². The van der Waals surface area contributed by atoms with E-state index in [2.05, 4.69) is 10.5 Å². The van der Waals surface area contributed by atoms with Crippen LogP contribution in [-0.4, -0.2) is 16.7 Å². The zero-order valence-corrected chi connectivity index (χ0v) is 17.2. The number of anilines is 2. The lowest BCUT2D eigenvalue weighted by Gasteiger charge is -2.16. The van der Waals surface area contributed by atoms with Crippen molar-refractivity contribution in [1.29, 1.82) is 0 Å². The first-order chi connectivity index (χ1) is 14.6. The molecule has 1 saturated heterocycles. The number of carbonyl (C=O) groups is 2. The van der Waals surface area contributed by atoms with Crippen LogP contribution in [0.15, 0.2) is 101 Å². The van der Waals surface area contributed by atoms with E-state index in [1.54, 1.807) is 48.5 Å². The van der Waals surface area contributed by atoms with Crippen LogP contribution in [-0.2, 0) is 4.79 Å². The predicted molar refractivity (Wildman–Crippen MR) is 123 cm³/mol. The molecule has 0 spiro atoms. The van der Waals surface area contributed by atoms with Gasteiger partial charge in [0.15, 0.2) is 10.8 Å². The Morgan fingerprint density at radius 2 is 1.57 bits per heavy atom. The van der Waals surface area contributed by atoms with Crippen molar-refractivity contribution >= 4 is 51.5 Å². The van der Waals surface area contributed by atoms with E-state index in [0.29, 0.717) is 27.0 Å². The Morgan fingerprint density at radius 3 is 2.23 bits per heavy atom. The highest BCUT2D eigenvalue weighted by Crippen LogP contribution is 2.36. The molecule has 4 rings (SSSR count). The molecule has 0 unspecified atom stereocenters. The summed E-state index contributed by atoms with van der Waals surface area (Å²) in [6, 6.07) is 25.1. The molecule has 0 aromatic heterocycles. The van der Waals surface area contributed by atoms with Gasteiger partial charge in [-0.3, -0.25) is 19.9 Å². The smallest absolute Gasteiger partial charge is 0.289 e. The molecule has 5 nitrogen and oxygen atoms in total. The maximum atomic E-state index is 13.1. The molecule has 7 heteroatoms. The summed E-state index contributed by atoms with van der Waals surface area (Å²) in [6.45, 7) is 0. The Hall–Kier alpha value is -3.35. The Kier molecular flexibility index (Phi) is 5.97. The number of hydrogen-bond donors (Lipinski definition) is 1. The quantitative estimate of drug-likeness (QED) is 0.324. The molecule has 0 radical (unpaired) electrons. The van der Waals surface area contributed by atoms with Gasteiger partial charge in [-0.25, -0.2) is 0 Å². The molecule has 0 aliphatic carbocycles. The fourth-order valence-corrected chi connectivity index (χ4v) is 3.85. The normalized spacial score (nSPS) is 16.3. The summed E-state index contributed by atoms with van der Waals surface area (Å²) in [5.41, 5.74) is 4.79. The van der Waals surface area contributed by atoms with Gasteiger partial charge in [-0.05, 0) is 48.2 Å². The molecule has 3 aromatic carbocycles. The van der Waals surface area contributed by atoms with Crippen LogP contribution in [0.5, 0.6) is 0 Å². The molecule has 3 aromatic rings.